The van der Waals surface area contributed by atoms with E-state index in [0.29, 0.717) is 13.0 Å². The molecule has 1 aliphatic heterocycles. The van der Waals surface area contributed by atoms with Gasteiger partial charge in [0.1, 0.15) is 0 Å². The van der Waals surface area contributed by atoms with Crippen LogP contribution in [-0.4, -0.2) is 46.2 Å². The number of carbonyl (C=O) groups excluding carboxylic acids is 1. The van der Waals surface area contributed by atoms with Gasteiger partial charge in [0.15, 0.2) is 0 Å². The predicted octanol–water partition coefficient (Wildman–Crippen LogP) is 1.51. The molecular weight excluding hydrogens is 254 g/mol. The van der Waals surface area contributed by atoms with E-state index >= 15 is 0 Å². The Hall–Kier alpha value is -1.88. The Morgan fingerprint density at radius 3 is 3.30 bits per heavy atom. The average Bonchev–Trinajstić information content (AvgIpc) is 2.72. The Morgan fingerprint density at radius 2 is 2.40 bits per heavy atom. The molecule has 0 radical (unpaired) electrons. The van der Waals surface area contributed by atoms with Gasteiger partial charge in [-0.25, -0.2) is 4.52 Å². The molecule has 1 unspecified atom stereocenters. The molecule has 1 saturated heterocycles. The summed E-state index contributed by atoms with van der Waals surface area (Å²) in [5.74, 6) is 0.154. The van der Waals surface area contributed by atoms with Crippen molar-refractivity contribution in [1.29, 1.82) is 0 Å². The van der Waals surface area contributed by atoms with Gasteiger partial charge in [0, 0.05) is 31.5 Å². The summed E-state index contributed by atoms with van der Waals surface area (Å²) in [7, 11) is 0. The Kier molecular flexibility index (Phi) is 3.69. The Morgan fingerprint density at radius 1 is 1.50 bits per heavy atom. The van der Waals surface area contributed by atoms with Crippen molar-refractivity contribution < 1.29 is 9.53 Å². The zero-order chi connectivity index (χ0) is 13.9. The second kappa shape index (κ2) is 5.63. The fourth-order valence-corrected chi connectivity index (χ4v) is 2.62. The van der Waals surface area contributed by atoms with E-state index in [0.717, 1.165) is 30.7 Å². The number of rotatable bonds is 2. The summed E-state index contributed by atoms with van der Waals surface area (Å²) in [5.41, 5.74) is 1.98. The Balaban J connectivity index is 1.75. The zero-order valence-electron chi connectivity index (χ0n) is 11.7. The van der Waals surface area contributed by atoms with Gasteiger partial charge in [0.25, 0.3) is 0 Å². The fraction of sp³-hybridized carbons (Fsp3) is 0.467. The maximum atomic E-state index is 12.4. The Labute approximate surface area is 118 Å². The fourth-order valence-electron chi connectivity index (χ4n) is 2.62. The van der Waals surface area contributed by atoms with Crippen LogP contribution in [0, 0.1) is 0 Å². The lowest BCUT2D eigenvalue weighted by Gasteiger charge is -2.21. The van der Waals surface area contributed by atoms with E-state index in [-0.39, 0.29) is 12.0 Å². The molecule has 2 aromatic heterocycles. The summed E-state index contributed by atoms with van der Waals surface area (Å²) in [6.45, 7) is 4.21. The van der Waals surface area contributed by atoms with Crippen molar-refractivity contribution in [1.82, 2.24) is 14.5 Å². The van der Waals surface area contributed by atoms with Gasteiger partial charge >= 0.3 is 0 Å². The van der Waals surface area contributed by atoms with E-state index in [4.69, 9.17) is 4.74 Å². The first-order valence-corrected chi connectivity index (χ1v) is 7.04. The highest BCUT2D eigenvalue weighted by molar-refractivity contribution is 5.81. The predicted molar refractivity (Wildman–Crippen MR) is 75.5 cm³/mol. The molecule has 3 rings (SSSR count). The monoisotopic (exact) mass is 273 g/mol. The number of carbonyl (C=O) groups is 1. The number of aromatic nitrogens is 2. The van der Waals surface area contributed by atoms with Crippen LogP contribution in [0.4, 0.5) is 0 Å². The third kappa shape index (κ3) is 2.67. The third-order valence-corrected chi connectivity index (χ3v) is 3.65. The molecular formula is C15H19N3O2. The minimum atomic E-state index is 0.116. The number of pyridine rings is 1. The lowest BCUT2D eigenvalue weighted by molar-refractivity contribution is -0.131. The first-order valence-electron chi connectivity index (χ1n) is 7.04. The van der Waals surface area contributed by atoms with Crippen LogP contribution < -0.4 is 0 Å². The summed E-state index contributed by atoms with van der Waals surface area (Å²) in [6.07, 6.45) is 5.10. The molecule has 5 nitrogen and oxygen atoms in total. The maximum absolute atomic E-state index is 12.4. The highest BCUT2D eigenvalue weighted by Gasteiger charge is 2.20. The van der Waals surface area contributed by atoms with Gasteiger partial charge in [-0.1, -0.05) is 6.07 Å². The summed E-state index contributed by atoms with van der Waals surface area (Å²) in [6, 6.07) is 5.88. The minimum absolute atomic E-state index is 0.116. The summed E-state index contributed by atoms with van der Waals surface area (Å²) < 4.78 is 7.38. The number of fused-ring (bicyclic) bond motifs is 1. The zero-order valence-corrected chi connectivity index (χ0v) is 11.7. The molecule has 3 heterocycles. The molecule has 106 valence electrons. The van der Waals surface area contributed by atoms with Crippen LogP contribution in [0.2, 0.25) is 0 Å². The molecule has 1 atom stereocenters. The molecule has 1 fully saturated rings. The van der Waals surface area contributed by atoms with E-state index in [1.54, 1.807) is 10.7 Å². The van der Waals surface area contributed by atoms with Gasteiger partial charge in [0.05, 0.1) is 24.2 Å². The van der Waals surface area contributed by atoms with Crippen LogP contribution in [0.3, 0.4) is 0 Å². The molecule has 0 aliphatic carbocycles. The van der Waals surface area contributed by atoms with Crippen molar-refractivity contribution in [3.8, 4) is 0 Å². The molecule has 1 amide bonds. The van der Waals surface area contributed by atoms with Crippen LogP contribution in [0.15, 0.2) is 30.6 Å². The van der Waals surface area contributed by atoms with Gasteiger partial charge in [-0.05, 0) is 25.5 Å². The molecule has 0 N–H and O–H groups in total. The number of hydrogen-bond donors (Lipinski definition) is 0. The molecule has 5 heteroatoms. The number of amides is 1. The quantitative estimate of drug-likeness (QED) is 0.833. The first-order chi connectivity index (χ1) is 9.74. The first kappa shape index (κ1) is 13.1. The van der Waals surface area contributed by atoms with Crippen LogP contribution in [0.1, 0.15) is 18.9 Å². The summed E-state index contributed by atoms with van der Waals surface area (Å²) in [5, 5.41) is 4.27. The molecule has 1 aliphatic rings. The van der Waals surface area contributed by atoms with Crippen LogP contribution >= 0.6 is 0 Å². The van der Waals surface area contributed by atoms with Crippen molar-refractivity contribution in [2.24, 2.45) is 0 Å². The van der Waals surface area contributed by atoms with E-state index in [1.807, 2.05) is 36.2 Å². The largest absolute Gasteiger partial charge is 0.377 e. The summed E-state index contributed by atoms with van der Waals surface area (Å²) in [4.78, 5) is 14.3. The molecule has 0 bridgehead atoms. The number of nitrogens with zero attached hydrogens (tertiary/aromatic N) is 3. The number of hydrogen-bond acceptors (Lipinski definition) is 3. The van der Waals surface area contributed by atoms with E-state index in [2.05, 4.69) is 5.10 Å². The standard InChI is InChI=1S/C15H19N3O2/c1-12-11-17(6-4-8-20-12)15(19)9-13-10-16-18-7-3-2-5-14(13)18/h2-3,5,7,10,12H,4,6,8-9,11H2,1H3. The third-order valence-electron chi connectivity index (χ3n) is 3.65. The van der Waals surface area contributed by atoms with E-state index in [1.165, 1.54) is 0 Å². The molecule has 0 spiro atoms. The minimum Gasteiger partial charge on any atom is -0.377 e. The van der Waals surface area contributed by atoms with Crippen molar-refractivity contribution in [3.05, 3.63) is 36.2 Å². The summed E-state index contributed by atoms with van der Waals surface area (Å²) >= 11 is 0. The Bertz CT molecular complexity index is 608. The van der Waals surface area contributed by atoms with Crippen molar-refractivity contribution >= 4 is 11.4 Å². The van der Waals surface area contributed by atoms with Crippen molar-refractivity contribution in [3.63, 3.8) is 0 Å². The average molecular weight is 273 g/mol. The van der Waals surface area contributed by atoms with Crippen molar-refractivity contribution in [2.45, 2.75) is 25.9 Å². The van der Waals surface area contributed by atoms with Gasteiger partial charge < -0.3 is 9.64 Å². The van der Waals surface area contributed by atoms with Crippen LogP contribution in [0.25, 0.3) is 5.52 Å². The van der Waals surface area contributed by atoms with Crippen LogP contribution in [-0.2, 0) is 16.0 Å². The molecule has 0 aromatic carbocycles. The normalized spacial score (nSPS) is 20.1. The second-order valence-electron chi connectivity index (χ2n) is 5.25. The van der Waals surface area contributed by atoms with E-state index in [9.17, 15) is 4.79 Å². The van der Waals surface area contributed by atoms with Crippen molar-refractivity contribution in [2.75, 3.05) is 19.7 Å². The van der Waals surface area contributed by atoms with Gasteiger partial charge in [-0.15, -0.1) is 0 Å². The van der Waals surface area contributed by atoms with Gasteiger partial charge in [-0.2, -0.15) is 5.10 Å². The molecule has 0 saturated carbocycles. The smallest absolute Gasteiger partial charge is 0.227 e. The molecule has 20 heavy (non-hydrogen) atoms. The van der Waals surface area contributed by atoms with Gasteiger partial charge in [-0.3, -0.25) is 4.79 Å². The van der Waals surface area contributed by atoms with Crippen LogP contribution in [0.5, 0.6) is 0 Å². The topological polar surface area (TPSA) is 46.8 Å². The highest BCUT2D eigenvalue weighted by atomic mass is 16.5. The van der Waals surface area contributed by atoms with Gasteiger partial charge in [0.2, 0.25) is 5.91 Å². The lowest BCUT2D eigenvalue weighted by atomic mass is 10.1. The second-order valence-corrected chi connectivity index (χ2v) is 5.25. The van der Waals surface area contributed by atoms with E-state index < -0.39 is 0 Å². The number of ether oxygens (including phenoxy) is 1. The lowest BCUT2D eigenvalue weighted by Crippen LogP contribution is -2.36. The molecule has 2 aromatic rings. The SMILES string of the molecule is CC1CN(C(=O)Cc2cnn3ccccc23)CCCO1. The maximum Gasteiger partial charge on any atom is 0.227 e. The highest BCUT2D eigenvalue weighted by Crippen LogP contribution is 2.13.